The second-order valence-corrected chi connectivity index (χ2v) is 12.2. The number of hydrogen-bond acceptors (Lipinski definition) is 6. The Hall–Kier alpha value is -2.29. The third kappa shape index (κ3) is 6.03. The molecule has 3 rings (SSSR count). The lowest BCUT2D eigenvalue weighted by Crippen LogP contribution is -2.39. The van der Waals surface area contributed by atoms with Gasteiger partial charge in [0.2, 0.25) is 5.91 Å². The molecule has 34 heavy (non-hydrogen) atoms. The molecule has 0 atom stereocenters. The molecule has 1 amide bonds. The van der Waals surface area contributed by atoms with Gasteiger partial charge in [-0.25, -0.2) is 13.4 Å². The summed E-state index contributed by atoms with van der Waals surface area (Å²) in [4.78, 5) is 22.6. The van der Waals surface area contributed by atoms with Crippen molar-refractivity contribution in [3.63, 3.8) is 0 Å². The Balaban J connectivity index is 1.86. The predicted octanol–water partition coefficient (Wildman–Crippen LogP) is 4.96. The van der Waals surface area contributed by atoms with Gasteiger partial charge in [0, 0.05) is 13.1 Å². The quantitative estimate of drug-likeness (QED) is 0.371. The van der Waals surface area contributed by atoms with Crippen LogP contribution in [-0.4, -0.2) is 55.6 Å². The van der Waals surface area contributed by atoms with E-state index in [4.69, 9.17) is 4.98 Å². The van der Waals surface area contributed by atoms with Crippen LogP contribution in [0.4, 0.5) is 5.13 Å². The Labute approximate surface area is 207 Å². The molecule has 0 aliphatic carbocycles. The van der Waals surface area contributed by atoms with Crippen LogP contribution in [0.2, 0.25) is 0 Å². The number of nitrogens with zero attached hydrogens (tertiary/aromatic N) is 3. The Morgan fingerprint density at radius 1 is 0.971 bits per heavy atom. The van der Waals surface area contributed by atoms with Crippen molar-refractivity contribution in [2.24, 2.45) is 0 Å². The van der Waals surface area contributed by atoms with Gasteiger partial charge >= 0.3 is 0 Å². The molecule has 0 saturated carbocycles. The van der Waals surface area contributed by atoms with Gasteiger partial charge < -0.3 is 4.90 Å². The van der Waals surface area contributed by atoms with Crippen molar-refractivity contribution in [2.75, 3.05) is 31.1 Å². The molecule has 0 aliphatic heterocycles. The van der Waals surface area contributed by atoms with E-state index in [2.05, 4.69) is 37.8 Å². The molecular weight excluding hydrogens is 466 g/mol. The van der Waals surface area contributed by atoms with E-state index in [0.29, 0.717) is 11.7 Å². The van der Waals surface area contributed by atoms with Gasteiger partial charge in [0.15, 0.2) is 15.0 Å². The van der Waals surface area contributed by atoms with E-state index in [9.17, 15) is 13.2 Å². The number of rotatable bonds is 11. The first-order valence-corrected chi connectivity index (χ1v) is 14.3. The topological polar surface area (TPSA) is 70.6 Å². The minimum Gasteiger partial charge on any atom is -0.302 e. The fourth-order valence-corrected chi connectivity index (χ4v) is 5.87. The first-order chi connectivity index (χ1) is 16.2. The predicted molar refractivity (Wildman–Crippen MR) is 142 cm³/mol. The van der Waals surface area contributed by atoms with Crippen molar-refractivity contribution in [1.29, 1.82) is 0 Å². The summed E-state index contributed by atoms with van der Waals surface area (Å²) < 4.78 is 25.9. The monoisotopic (exact) mass is 501 g/mol. The summed E-state index contributed by atoms with van der Waals surface area (Å²) in [5, 5.41) is 0.224. The Bertz CT molecular complexity index is 1210. The van der Waals surface area contributed by atoms with Crippen molar-refractivity contribution >= 4 is 42.4 Å². The first kappa shape index (κ1) is 26.3. The number of thiazole rings is 1. The van der Waals surface area contributed by atoms with Gasteiger partial charge in [-0.2, -0.15) is 0 Å². The second-order valence-electron chi connectivity index (χ2n) is 8.64. The summed E-state index contributed by atoms with van der Waals surface area (Å²) in [6.45, 7) is 12.9. The molecule has 8 heteroatoms. The summed E-state index contributed by atoms with van der Waals surface area (Å²) in [6.07, 6.45) is 1.15. The number of carbonyl (C=O) groups is 1. The lowest BCUT2D eigenvalue weighted by atomic mass is 10.1. The van der Waals surface area contributed by atoms with Crippen molar-refractivity contribution in [1.82, 2.24) is 9.88 Å². The molecule has 0 spiro atoms. The molecule has 0 radical (unpaired) electrons. The van der Waals surface area contributed by atoms with Crippen LogP contribution in [0.5, 0.6) is 0 Å². The third-order valence-electron chi connectivity index (χ3n) is 6.14. The summed E-state index contributed by atoms with van der Waals surface area (Å²) in [5.41, 5.74) is 2.94. The van der Waals surface area contributed by atoms with E-state index in [1.165, 1.54) is 5.56 Å². The number of likely N-dealkylation sites (N-methyl/N-ethyl adjacent to an activating group) is 1. The molecule has 2 aromatic carbocycles. The van der Waals surface area contributed by atoms with Crippen molar-refractivity contribution in [2.45, 2.75) is 57.6 Å². The van der Waals surface area contributed by atoms with Crippen molar-refractivity contribution < 1.29 is 13.2 Å². The van der Waals surface area contributed by atoms with Gasteiger partial charge in [-0.15, -0.1) is 0 Å². The number of hydrogen-bond donors (Lipinski definition) is 0. The molecule has 0 fully saturated rings. The van der Waals surface area contributed by atoms with Crippen LogP contribution in [0.1, 0.15) is 45.7 Å². The summed E-state index contributed by atoms with van der Waals surface area (Å²) in [6, 6.07) is 12.9. The molecule has 1 heterocycles. The lowest BCUT2D eigenvalue weighted by Gasteiger charge is -2.24. The number of aryl methyl sites for hydroxylation is 1. The average molecular weight is 502 g/mol. The highest BCUT2D eigenvalue weighted by Gasteiger charge is 2.22. The van der Waals surface area contributed by atoms with Crippen LogP contribution < -0.4 is 4.90 Å². The van der Waals surface area contributed by atoms with Crippen LogP contribution in [0, 0.1) is 0 Å². The minimum atomic E-state index is -3.34. The molecule has 3 aromatic rings. The van der Waals surface area contributed by atoms with E-state index in [-0.39, 0.29) is 17.2 Å². The standard InChI is InChI=1S/C26H35N3O3S2/c1-6-20-11-14-23-24(17-20)33-26(27-23)29(16-15-28(7-2)8-3)25(30)18-21-9-12-22(13-10-21)34(31,32)19(4)5/h9-14,17,19H,6-8,15-16,18H2,1-5H3. The zero-order valence-corrected chi connectivity index (χ0v) is 22.4. The lowest BCUT2D eigenvalue weighted by molar-refractivity contribution is -0.118. The van der Waals surface area contributed by atoms with Gasteiger partial charge in [0.05, 0.1) is 26.8 Å². The highest BCUT2D eigenvalue weighted by atomic mass is 32.2. The van der Waals surface area contributed by atoms with Crippen LogP contribution in [0.3, 0.4) is 0 Å². The van der Waals surface area contributed by atoms with Gasteiger partial charge in [-0.1, -0.05) is 50.3 Å². The maximum absolute atomic E-state index is 13.4. The van der Waals surface area contributed by atoms with Crippen LogP contribution in [-0.2, 0) is 27.5 Å². The number of benzene rings is 2. The number of amides is 1. The summed E-state index contributed by atoms with van der Waals surface area (Å²) in [5.74, 6) is -0.0404. The van der Waals surface area contributed by atoms with Crippen LogP contribution in [0.25, 0.3) is 10.2 Å². The number of sulfone groups is 1. The minimum absolute atomic E-state index is 0.0404. The fraction of sp³-hybridized carbons (Fsp3) is 0.462. The number of fused-ring (bicyclic) bond motifs is 1. The molecule has 184 valence electrons. The van der Waals surface area contributed by atoms with E-state index < -0.39 is 15.1 Å². The summed E-state index contributed by atoms with van der Waals surface area (Å²) >= 11 is 1.55. The van der Waals surface area contributed by atoms with E-state index in [0.717, 1.165) is 41.8 Å². The molecule has 0 bridgehead atoms. The SMILES string of the molecule is CCc1ccc2nc(N(CCN(CC)CC)C(=O)Cc3ccc(S(=O)(=O)C(C)C)cc3)sc2c1. The van der Waals surface area contributed by atoms with Crippen molar-refractivity contribution in [3.8, 4) is 0 Å². The van der Waals surface area contributed by atoms with Gasteiger partial charge in [0.1, 0.15) is 0 Å². The van der Waals surface area contributed by atoms with Crippen molar-refractivity contribution in [3.05, 3.63) is 53.6 Å². The molecule has 0 aliphatic rings. The van der Waals surface area contributed by atoms with Crippen LogP contribution in [0.15, 0.2) is 47.4 Å². The molecule has 6 nitrogen and oxygen atoms in total. The highest BCUT2D eigenvalue weighted by Crippen LogP contribution is 2.30. The maximum atomic E-state index is 13.4. The zero-order chi connectivity index (χ0) is 24.9. The molecular formula is C26H35N3O3S2. The highest BCUT2D eigenvalue weighted by molar-refractivity contribution is 7.92. The summed E-state index contributed by atoms with van der Waals surface area (Å²) in [7, 11) is -3.34. The average Bonchev–Trinajstić information content (AvgIpc) is 3.24. The third-order valence-corrected chi connectivity index (χ3v) is 9.36. The first-order valence-electron chi connectivity index (χ1n) is 11.9. The largest absolute Gasteiger partial charge is 0.302 e. The Morgan fingerprint density at radius 3 is 2.21 bits per heavy atom. The number of aromatic nitrogens is 1. The fourth-order valence-electron chi connectivity index (χ4n) is 3.74. The zero-order valence-electron chi connectivity index (χ0n) is 20.7. The van der Waals surface area contributed by atoms with E-state index in [1.54, 1.807) is 54.3 Å². The number of anilines is 1. The molecule has 0 saturated heterocycles. The number of carbonyl (C=O) groups excluding carboxylic acids is 1. The van der Waals surface area contributed by atoms with Gasteiger partial charge in [-0.05, 0) is 68.8 Å². The Morgan fingerprint density at radius 2 is 1.62 bits per heavy atom. The maximum Gasteiger partial charge on any atom is 0.233 e. The smallest absolute Gasteiger partial charge is 0.233 e. The molecule has 0 unspecified atom stereocenters. The van der Waals surface area contributed by atoms with E-state index >= 15 is 0 Å². The van der Waals surface area contributed by atoms with Crippen LogP contribution >= 0.6 is 11.3 Å². The molecule has 1 aromatic heterocycles. The second kappa shape index (κ2) is 11.4. The normalized spacial score (nSPS) is 12.1. The van der Waals surface area contributed by atoms with Gasteiger partial charge in [-0.3, -0.25) is 9.69 Å². The molecule has 0 N–H and O–H groups in total. The Kier molecular flexibility index (Phi) is 8.84. The van der Waals surface area contributed by atoms with E-state index in [1.807, 2.05) is 6.07 Å². The van der Waals surface area contributed by atoms with Gasteiger partial charge in [0.25, 0.3) is 0 Å².